The zero-order chi connectivity index (χ0) is 27.0. The van der Waals surface area contributed by atoms with Gasteiger partial charge in [-0.3, -0.25) is 4.79 Å². The number of carbonyl (C=O) groups is 1. The number of fused-ring (bicyclic) bond motifs is 1. The van der Waals surface area contributed by atoms with Crippen molar-refractivity contribution in [3.8, 4) is 17.2 Å². The van der Waals surface area contributed by atoms with Gasteiger partial charge in [0.2, 0.25) is 5.89 Å². The van der Waals surface area contributed by atoms with Crippen LogP contribution in [-0.2, 0) is 22.8 Å². The number of carboxylic acid groups (broad SMARTS) is 1. The monoisotopic (exact) mass is 520 g/mol. The maximum atomic E-state index is 11.0. The average molecular weight is 521 g/mol. The van der Waals surface area contributed by atoms with Gasteiger partial charge in [-0.15, -0.1) is 0 Å². The molecule has 0 fully saturated rings. The van der Waals surface area contributed by atoms with Crippen LogP contribution in [0.4, 0.5) is 0 Å². The highest BCUT2D eigenvalue weighted by molar-refractivity contribution is 6.01. The summed E-state index contributed by atoms with van der Waals surface area (Å²) in [5, 5.41) is 15.4. The van der Waals surface area contributed by atoms with Crippen LogP contribution in [-0.4, -0.2) is 21.8 Å². The molecule has 7 heteroatoms. The Balaban J connectivity index is 1.22. The first-order chi connectivity index (χ1) is 19.0. The summed E-state index contributed by atoms with van der Waals surface area (Å²) in [4.78, 5) is 21.3. The van der Waals surface area contributed by atoms with Gasteiger partial charge in [-0.2, -0.15) is 0 Å². The van der Waals surface area contributed by atoms with E-state index in [0.717, 1.165) is 44.7 Å². The van der Waals surface area contributed by atoms with Gasteiger partial charge in [-0.05, 0) is 59.2 Å². The van der Waals surface area contributed by atoms with Crippen molar-refractivity contribution in [3.63, 3.8) is 0 Å². The molecule has 196 valence electrons. The number of rotatable bonds is 11. The summed E-state index contributed by atoms with van der Waals surface area (Å²) >= 11 is 0. The van der Waals surface area contributed by atoms with Crippen LogP contribution in [0.3, 0.4) is 0 Å². The quantitative estimate of drug-likeness (QED) is 0.147. The number of aliphatic carboxylic acids is 1. The molecule has 1 aromatic heterocycles. The van der Waals surface area contributed by atoms with Gasteiger partial charge in [0.05, 0.1) is 12.1 Å². The number of nitrogens with zero attached hydrogens (tertiary/aromatic N) is 2. The van der Waals surface area contributed by atoms with Crippen molar-refractivity contribution in [2.45, 2.75) is 33.0 Å². The fourth-order valence-electron chi connectivity index (χ4n) is 4.15. The maximum Gasteiger partial charge on any atom is 0.303 e. The summed E-state index contributed by atoms with van der Waals surface area (Å²) in [5.41, 5.74) is 4.11. The molecule has 0 bridgehead atoms. The van der Waals surface area contributed by atoms with Crippen molar-refractivity contribution in [2.24, 2.45) is 5.16 Å². The van der Waals surface area contributed by atoms with E-state index in [2.05, 4.69) is 10.1 Å². The summed E-state index contributed by atoms with van der Waals surface area (Å²) in [6, 6.07) is 31.2. The molecule has 1 N–H and O–H groups in total. The lowest BCUT2D eigenvalue weighted by molar-refractivity contribution is -0.136. The second-order valence-electron chi connectivity index (χ2n) is 9.09. The summed E-state index contributed by atoms with van der Waals surface area (Å²) in [7, 11) is 0. The number of hydrogen-bond acceptors (Lipinski definition) is 6. The molecule has 0 aliphatic rings. The highest BCUT2D eigenvalue weighted by atomic mass is 16.6. The second kappa shape index (κ2) is 12.1. The molecule has 4 aromatic carbocycles. The Morgan fingerprint density at radius 3 is 2.36 bits per heavy atom. The van der Waals surface area contributed by atoms with Gasteiger partial charge in [-0.1, -0.05) is 71.9 Å². The number of aryl methyl sites for hydroxylation is 1. The van der Waals surface area contributed by atoms with E-state index < -0.39 is 5.97 Å². The first-order valence-electron chi connectivity index (χ1n) is 12.7. The van der Waals surface area contributed by atoms with Gasteiger partial charge in [0.15, 0.2) is 0 Å². The molecule has 0 aliphatic heterocycles. The van der Waals surface area contributed by atoms with E-state index in [9.17, 15) is 4.79 Å². The van der Waals surface area contributed by atoms with Crippen LogP contribution < -0.4 is 4.74 Å². The van der Waals surface area contributed by atoms with Gasteiger partial charge in [0.1, 0.15) is 30.4 Å². The third kappa shape index (κ3) is 6.70. The standard InChI is InChI=1S/C32H28N2O5/c1-22-30(33-32(39-22)25-10-6-3-7-11-25)21-37-28-15-14-26-18-23(12-13-27(26)19-28)20-38-34-29(16-17-31(35)36)24-8-4-2-5-9-24/h2-15,18-19H,16-17,20-21H2,1H3,(H,35,36). The zero-order valence-corrected chi connectivity index (χ0v) is 21.5. The molecule has 0 radical (unpaired) electrons. The van der Waals surface area contributed by atoms with Crippen molar-refractivity contribution in [1.29, 1.82) is 0 Å². The van der Waals surface area contributed by atoms with Crippen LogP contribution in [0.15, 0.2) is 107 Å². The maximum absolute atomic E-state index is 11.0. The number of aromatic nitrogens is 1. The van der Waals surface area contributed by atoms with Crippen LogP contribution in [0, 0.1) is 6.92 Å². The third-order valence-electron chi connectivity index (χ3n) is 6.25. The number of oxime groups is 1. The SMILES string of the molecule is Cc1oc(-c2ccccc2)nc1COc1ccc2cc(CON=C(CCC(=O)O)c3ccccc3)ccc2c1. The summed E-state index contributed by atoms with van der Waals surface area (Å²) < 4.78 is 11.9. The molecule has 0 saturated carbocycles. The van der Waals surface area contributed by atoms with E-state index >= 15 is 0 Å². The first-order valence-corrected chi connectivity index (χ1v) is 12.7. The van der Waals surface area contributed by atoms with Crippen LogP contribution in [0.1, 0.15) is 35.4 Å². The third-order valence-corrected chi connectivity index (χ3v) is 6.25. The molecule has 5 aromatic rings. The van der Waals surface area contributed by atoms with Crippen molar-refractivity contribution in [1.82, 2.24) is 4.98 Å². The number of carboxylic acids is 1. The van der Waals surface area contributed by atoms with E-state index in [-0.39, 0.29) is 13.0 Å². The average Bonchev–Trinajstić information content (AvgIpc) is 3.34. The topological polar surface area (TPSA) is 94.2 Å². The van der Waals surface area contributed by atoms with Crippen molar-refractivity contribution in [3.05, 3.63) is 120 Å². The number of benzene rings is 4. The lowest BCUT2D eigenvalue weighted by Crippen LogP contribution is -2.06. The zero-order valence-electron chi connectivity index (χ0n) is 21.5. The van der Waals surface area contributed by atoms with E-state index in [4.69, 9.17) is 19.1 Å². The van der Waals surface area contributed by atoms with E-state index in [1.807, 2.05) is 104 Å². The Hall–Kier alpha value is -4.91. The predicted octanol–water partition coefficient (Wildman–Crippen LogP) is 7.17. The molecule has 5 rings (SSSR count). The highest BCUT2D eigenvalue weighted by Crippen LogP contribution is 2.25. The molecule has 0 atom stereocenters. The largest absolute Gasteiger partial charge is 0.487 e. The normalized spacial score (nSPS) is 11.5. The summed E-state index contributed by atoms with van der Waals surface area (Å²) in [6.07, 6.45) is 0.281. The summed E-state index contributed by atoms with van der Waals surface area (Å²) in [5.74, 6) is 1.19. The molecule has 0 spiro atoms. The minimum absolute atomic E-state index is 0.0120. The Bertz CT molecular complexity index is 1590. The fraction of sp³-hybridized carbons (Fsp3) is 0.156. The Labute approximate surface area is 226 Å². The minimum atomic E-state index is -0.871. The Morgan fingerprint density at radius 1 is 0.872 bits per heavy atom. The van der Waals surface area contributed by atoms with Crippen LogP contribution >= 0.6 is 0 Å². The van der Waals surface area contributed by atoms with Gasteiger partial charge in [0, 0.05) is 12.0 Å². The molecule has 0 amide bonds. The lowest BCUT2D eigenvalue weighted by Gasteiger charge is -2.08. The molecular formula is C32H28N2O5. The minimum Gasteiger partial charge on any atom is -0.487 e. The van der Waals surface area contributed by atoms with Gasteiger partial charge >= 0.3 is 5.97 Å². The Morgan fingerprint density at radius 2 is 1.59 bits per heavy atom. The van der Waals surface area contributed by atoms with Crippen LogP contribution in [0.2, 0.25) is 0 Å². The van der Waals surface area contributed by atoms with Crippen molar-refractivity contribution < 1.29 is 23.9 Å². The molecule has 0 unspecified atom stereocenters. The van der Waals surface area contributed by atoms with Crippen molar-refractivity contribution in [2.75, 3.05) is 0 Å². The van der Waals surface area contributed by atoms with E-state index in [0.29, 0.717) is 24.6 Å². The molecule has 39 heavy (non-hydrogen) atoms. The predicted molar refractivity (Wildman–Crippen MR) is 150 cm³/mol. The highest BCUT2D eigenvalue weighted by Gasteiger charge is 2.12. The molecule has 0 aliphatic carbocycles. The van der Waals surface area contributed by atoms with Gasteiger partial charge in [-0.25, -0.2) is 4.98 Å². The van der Waals surface area contributed by atoms with Crippen LogP contribution in [0.5, 0.6) is 5.75 Å². The number of hydrogen-bond donors (Lipinski definition) is 1. The number of ether oxygens (including phenoxy) is 1. The summed E-state index contributed by atoms with van der Waals surface area (Å²) in [6.45, 7) is 2.47. The Kier molecular flexibility index (Phi) is 7.98. The van der Waals surface area contributed by atoms with Gasteiger partial charge < -0.3 is 19.1 Å². The van der Waals surface area contributed by atoms with E-state index in [1.54, 1.807) is 0 Å². The van der Waals surface area contributed by atoms with Crippen molar-refractivity contribution >= 4 is 22.5 Å². The lowest BCUT2D eigenvalue weighted by atomic mass is 10.1. The number of oxazole rings is 1. The first kappa shape index (κ1) is 25.7. The fourth-order valence-corrected chi connectivity index (χ4v) is 4.15. The van der Waals surface area contributed by atoms with E-state index in [1.165, 1.54) is 0 Å². The molecule has 0 saturated heterocycles. The van der Waals surface area contributed by atoms with Crippen LogP contribution in [0.25, 0.3) is 22.2 Å². The molecule has 1 heterocycles. The smallest absolute Gasteiger partial charge is 0.303 e. The molecular weight excluding hydrogens is 492 g/mol. The molecule has 7 nitrogen and oxygen atoms in total. The van der Waals surface area contributed by atoms with Gasteiger partial charge in [0.25, 0.3) is 0 Å². The second-order valence-corrected chi connectivity index (χ2v) is 9.09.